The lowest BCUT2D eigenvalue weighted by molar-refractivity contribution is 0.0943. The topological polar surface area (TPSA) is 15.7 Å². The minimum atomic E-state index is 0.429. The summed E-state index contributed by atoms with van der Waals surface area (Å²) in [6.07, 6.45) is 2.61. The van der Waals surface area contributed by atoms with Gasteiger partial charge in [-0.1, -0.05) is 50.2 Å². The van der Waals surface area contributed by atoms with Gasteiger partial charge in [-0.3, -0.25) is 4.90 Å². The number of hydrogen-bond donors (Lipinski definition) is 0. The van der Waals surface area contributed by atoms with E-state index in [0.717, 1.165) is 31.3 Å². The normalized spacial score (nSPS) is 23.5. The molecule has 0 radical (unpaired) electrons. The van der Waals surface area contributed by atoms with E-state index in [0.29, 0.717) is 18.0 Å². The highest BCUT2D eigenvalue weighted by atomic mass is 127. The molecule has 29 heavy (non-hydrogen) atoms. The van der Waals surface area contributed by atoms with E-state index in [9.17, 15) is 0 Å². The molecule has 0 aromatic heterocycles. The Morgan fingerprint density at radius 2 is 1.83 bits per heavy atom. The summed E-state index contributed by atoms with van der Waals surface area (Å²) in [5.74, 6) is 2.34. The van der Waals surface area contributed by atoms with Crippen LogP contribution in [0.5, 0.6) is 5.75 Å². The number of rotatable bonds is 6. The molecule has 0 bridgehead atoms. The summed E-state index contributed by atoms with van der Waals surface area (Å²) in [6.45, 7) is 10.1. The van der Waals surface area contributed by atoms with Crippen molar-refractivity contribution in [1.82, 2.24) is 8.01 Å². The summed E-state index contributed by atoms with van der Waals surface area (Å²) in [6, 6.07) is 16.8. The van der Waals surface area contributed by atoms with E-state index in [1.165, 1.54) is 35.1 Å². The molecule has 2 atom stereocenters. The van der Waals surface area contributed by atoms with Crippen molar-refractivity contribution in [3.63, 3.8) is 0 Å². The molecule has 3 nitrogen and oxygen atoms in total. The van der Waals surface area contributed by atoms with Crippen LogP contribution in [0.2, 0.25) is 0 Å². The Morgan fingerprint density at radius 3 is 2.52 bits per heavy atom. The predicted molar refractivity (Wildman–Crippen MR) is 129 cm³/mol. The molecular weight excluding hydrogens is 471 g/mol. The molecule has 0 N–H and O–H groups in total. The van der Waals surface area contributed by atoms with E-state index in [2.05, 4.69) is 94.1 Å². The molecule has 1 aliphatic carbocycles. The first-order valence-corrected chi connectivity index (χ1v) is 11.9. The van der Waals surface area contributed by atoms with Gasteiger partial charge in [0, 0.05) is 48.5 Å². The van der Waals surface area contributed by atoms with Crippen LogP contribution >= 0.6 is 22.9 Å². The molecule has 4 heteroatoms. The van der Waals surface area contributed by atoms with Crippen molar-refractivity contribution in [2.45, 2.75) is 64.1 Å². The fraction of sp³-hybridized carbons (Fsp3) is 0.520. The molecule has 1 aliphatic heterocycles. The Balaban J connectivity index is 1.55. The van der Waals surface area contributed by atoms with Crippen molar-refractivity contribution in [1.29, 1.82) is 0 Å². The van der Waals surface area contributed by atoms with Gasteiger partial charge in [0.05, 0.1) is 13.2 Å². The molecule has 2 unspecified atom stereocenters. The third-order valence-corrected chi connectivity index (χ3v) is 7.55. The number of nitrogens with zero attached hydrogens (tertiary/aromatic N) is 2. The lowest BCUT2D eigenvalue weighted by Crippen LogP contribution is -2.49. The van der Waals surface area contributed by atoms with Crippen LogP contribution in [0.3, 0.4) is 0 Å². The van der Waals surface area contributed by atoms with E-state index in [1.807, 2.05) is 0 Å². The van der Waals surface area contributed by atoms with Crippen molar-refractivity contribution in [3.8, 4) is 5.75 Å². The highest BCUT2D eigenvalue weighted by Gasteiger charge is 2.33. The molecule has 156 valence electrons. The van der Waals surface area contributed by atoms with E-state index < -0.39 is 0 Å². The number of hydrogen-bond acceptors (Lipinski definition) is 3. The fourth-order valence-electron chi connectivity index (χ4n) is 4.62. The van der Waals surface area contributed by atoms with Crippen LogP contribution in [0.25, 0.3) is 0 Å². The van der Waals surface area contributed by atoms with Gasteiger partial charge in [-0.2, -0.15) is 0 Å². The van der Waals surface area contributed by atoms with Crippen molar-refractivity contribution in [2.75, 3.05) is 20.2 Å². The Labute approximate surface area is 189 Å². The van der Waals surface area contributed by atoms with Gasteiger partial charge in [0.2, 0.25) is 0 Å². The maximum atomic E-state index is 5.72. The van der Waals surface area contributed by atoms with E-state index in [-0.39, 0.29) is 0 Å². The Morgan fingerprint density at radius 1 is 1.07 bits per heavy atom. The average Bonchev–Trinajstić information content (AvgIpc) is 3.55. The maximum absolute atomic E-state index is 5.72. The molecule has 2 aromatic rings. The zero-order chi connectivity index (χ0) is 20.5. The second kappa shape index (κ2) is 8.94. The largest absolute Gasteiger partial charge is 0.496 e. The van der Waals surface area contributed by atoms with Crippen molar-refractivity contribution >= 4 is 22.9 Å². The van der Waals surface area contributed by atoms with Crippen molar-refractivity contribution < 1.29 is 4.74 Å². The van der Waals surface area contributed by atoms with E-state index in [1.54, 1.807) is 7.11 Å². The van der Waals surface area contributed by atoms with Crippen molar-refractivity contribution in [3.05, 3.63) is 64.7 Å². The van der Waals surface area contributed by atoms with Gasteiger partial charge in [0.25, 0.3) is 0 Å². The second-order valence-electron chi connectivity index (χ2n) is 9.01. The summed E-state index contributed by atoms with van der Waals surface area (Å²) in [4.78, 5) is 2.64. The van der Waals surface area contributed by atoms with Crippen LogP contribution in [-0.2, 0) is 6.54 Å². The second-order valence-corrected chi connectivity index (χ2v) is 10.3. The third-order valence-electron chi connectivity index (χ3n) is 6.49. The number of methoxy groups -OCH3 is 1. The van der Waals surface area contributed by atoms with Gasteiger partial charge < -0.3 is 4.74 Å². The fourth-order valence-corrected chi connectivity index (χ4v) is 5.66. The number of halogens is 1. The molecule has 1 saturated carbocycles. The molecule has 2 aromatic carbocycles. The molecular formula is C25H33IN2O. The van der Waals surface area contributed by atoms with Crippen molar-refractivity contribution in [2.24, 2.45) is 0 Å². The highest BCUT2D eigenvalue weighted by Crippen LogP contribution is 2.44. The first-order chi connectivity index (χ1) is 14.0. The average molecular weight is 504 g/mol. The van der Waals surface area contributed by atoms with Gasteiger partial charge in [-0.05, 0) is 59.9 Å². The molecule has 1 heterocycles. The first-order valence-electron chi connectivity index (χ1n) is 10.9. The predicted octanol–water partition coefficient (Wildman–Crippen LogP) is 6.29. The lowest BCUT2D eigenvalue weighted by Gasteiger charge is -2.43. The lowest BCUT2D eigenvalue weighted by atomic mass is 9.91. The van der Waals surface area contributed by atoms with Crippen LogP contribution in [0.4, 0.5) is 0 Å². The highest BCUT2D eigenvalue weighted by molar-refractivity contribution is 14.1. The monoisotopic (exact) mass is 504 g/mol. The molecule has 1 saturated heterocycles. The third kappa shape index (κ3) is 4.64. The Hall–Kier alpha value is -1.11. The van der Waals surface area contributed by atoms with Crippen LogP contribution in [0, 0.1) is 0 Å². The quantitative estimate of drug-likeness (QED) is 0.340. The molecule has 2 aliphatic rings. The van der Waals surface area contributed by atoms with Gasteiger partial charge in [0.15, 0.2) is 0 Å². The van der Waals surface area contributed by atoms with Crippen LogP contribution in [0.15, 0.2) is 42.5 Å². The van der Waals surface area contributed by atoms with Gasteiger partial charge in [-0.25, -0.2) is 3.11 Å². The minimum Gasteiger partial charge on any atom is -0.496 e. The summed E-state index contributed by atoms with van der Waals surface area (Å²) in [5, 5.41) is 0. The number of piperazine rings is 1. The summed E-state index contributed by atoms with van der Waals surface area (Å²) >= 11 is 2.54. The minimum absolute atomic E-state index is 0.429. The van der Waals surface area contributed by atoms with E-state index >= 15 is 0 Å². The Bertz CT molecular complexity index is 848. The van der Waals surface area contributed by atoms with E-state index in [4.69, 9.17) is 4.74 Å². The molecule has 2 fully saturated rings. The standard InChI is InChI=1S/C25H33IN2O/c1-17(2)21-7-5-6-8-23(21)24-16-27(18(3)14-28(24)26)15-19-9-12-22(20-10-11-20)25(13-19)29-4/h5-9,12-13,17-18,20,24H,10-11,14-16H2,1-4H3. The van der Waals surface area contributed by atoms with Crippen LogP contribution < -0.4 is 4.74 Å². The maximum Gasteiger partial charge on any atom is 0.122 e. The van der Waals surface area contributed by atoms with Crippen LogP contribution in [-0.4, -0.2) is 34.3 Å². The Kier molecular flexibility index (Phi) is 6.52. The van der Waals surface area contributed by atoms with Gasteiger partial charge >= 0.3 is 0 Å². The molecule has 4 rings (SSSR count). The molecule has 0 amide bonds. The smallest absolute Gasteiger partial charge is 0.122 e. The summed E-state index contributed by atoms with van der Waals surface area (Å²) in [7, 11) is 1.81. The number of benzene rings is 2. The first kappa shape index (κ1) is 21.1. The van der Waals surface area contributed by atoms with Crippen LogP contribution in [0.1, 0.15) is 73.7 Å². The SMILES string of the molecule is COc1cc(CN2CC(c3ccccc3C(C)C)N(I)CC2C)ccc1C1CC1. The summed E-state index contributed by atoms with van der Waals surface area (Å²) in [5.41, 5.74) is 5.71. The zero-order valence-corrected chi connectivity index (χ0v) is 20.2. The molecule has 0 spiro atoms. The van der Waals surface area contributed by atoms with Gasteiger partial charge in [-0.15, -0.1) is 0 Å². The number of ether oxygens (including phenoxy) is 1. The summed E-state index contributed by atoms with van der Waals surface area (Å²) < 4.78 is 8.24. The van der Waals surface area contributed by atoms with Gasteiger partial charge in [0.1, 0.15) is 5.75 Å². The zero-order valence-electron chi connectivity index (χ0n) is 18.1.